The predicted octanol–water partition coefficient (Wildman–Crippen LogP) is 7.50. The van der Waals surface area contributed by atoms with Crippen molar-refractivity contribution in [1.82, 2.24) is 0 Å². The van der Waals surface area contributed by atoms with E-state index in [1.807, 2.05) is 103 Å². The molecular weight excluding hydrogens is 554 g/mol. The fraction of sp³-hybridized carbons (Fsp3) is 0.121. The van der Waals surface area contributed by atoms with Crippen LogP contribution < -0.4 is 19.1 Å². The number of hydrogen-bond acceptors (Lipinski definition) is 4. The molecule has 0 aliphatic heterocycles. The van der Waals surface area contributed by atoms with Gasteiger partial charge < -0.3 is 19.1 Å². The number of halogens is 1. The highest BCUT2D eigenvalue weighted by Crippen LogP contribution is 2.34. The van der Waals surface area contributed by atoms with Crippen LogP contribution in [0.3, 0.4) is 0 Å². The average Bonchev–Trinajstić information content (AvgIpc) is 2.98. The molecule has 0 radical (unpaired) electrons. The van der Waals surface area contributed by atoms with Gasteiger partial charge in [-0.05, 0) is 69.5 Å². The minimum atomic E-state index is -0.135. The maximum absolute atomic E-state index is 13.9. The number of methoxy groups -OCH3 is 2. The standard InChI is InChI=1S/C33H28BrNO4/c1-4-20-39-27-18-15-24(16-19-27)14-17-25-21-28(37-2)22-32(38-3)30(25)23-35(26-10-6-5-7-11-26)33(36)29-12-8-9-13-31(29)34/h1,5-19,21-22H,20,23H2,2-3H3. The van der Waals surface area contributed by atoms with Crippen LogP contribution in [0.4, 0.5) is 5.69 Å². The maximum Gasteiger partial charge on any atom is 0.259 e. The highest BCUT2D eigenvalue weighted by Gasteiger charge is 2.23. The van der Waals surface area contributed by atoms with Crippen molar-refractivity contribution in [3.63, 3.8) is 0 Å². The van der Waals surface area contributed by atoms with E-state index in [1.165, 1.54) is 0 Å². The summed E-state index contributed by atoms with van der Waals surface area (Å²) >= 11 is 3.54. The minimum absolute atomic E-state index is 0.135. The van der Waals surface area contributed by atoms with Gasteiger partial charge >= 0.3 is 0 Å². The molecule has 1 amide bonds. The molecule has 0 aliphatic carbocycles. The van der Waals surface area contributed by atoms with Crippen molar-refractivity contribution in [3.8, 4) is 29.6 Å². The van der Waals surface area contributed by atoms with Gasteiger partial charge in [0.05, 0.1) is 26.3 Å². The van der Waals surface area contributed by atoms with E-state index in [0.29, 0.717) is 22.8 Å². The topological polar surface area (TPSA) is 48.0 Å². The summed E-state index contributed by atoms with van der Waals surface area (Å²) in [4.78, 5) is 15.6. The summed E-state index contributed by atoms with van der Waals surface area (Å²) in [6, 6.07) is 28.4. The molecule has 0 aromatic heterocycles. The van der Waals surface area contributed by atoms with Gasteiger partial charge in [-0.15, -0.1) is 6.42 Å². The number of carbonyl (C=O) groups is 1. The third kappa shape index (κ3) is 6.90. The largest absolute Gasteiger partial charge is 0.497 e. The summed E-state index contributed by atoms with van der Waals surface area (Å²) in [7, 11) is 3.23. The monoisotopic (exact) mass is 581 g/mol. The second kappa shape index (κ2) is 13.4. The van der Waals surface area contributed by atoms with Crippen LogP contribution >= 0.6 is 15.9 Å². The summed E-state index contributed by atoms with van der Waals surface area (Å²) < 4.78 is 17.5. The molecule has 4 aromatic carbocycles. The summed E-state index contributed by atoms with van der Waals surface area (Å²) in [5, 5.41) is 0. The Labute approximate surface area is 237 Å². The molecule has 0 unspecified atom stereocenters. The quantitative estimate of drug-likeness (QED) is 0.144. The molecule has 0 aliphatic rings. The Morgan fingerprint density at radius 2 is 1.62 bits per heavy atom. The Balaban J connectivity index is 1.75. The molecule has 0 bridgehead atoms. The Morgan fingerprint density at radius 1 is 0.897 bits per heavy atom. The first-order valence-electron chi connectivity index (χ1n) is 12.2. The van der Waals surface area contributed by atoms with Gasteiger partial charge in [0.2, 0.25) is 0 Å². The molecule has 0 fully saturated rings. The first-order chi connectivity index (χ1) is 19.0. The lowest BCUT2D eigenvalue weighted by Crippen LogP contribution is -2.31. The normalized spacial score (nSPS) is 10.6. The highest BCUT2D eigenvalue weighted by atomic mass is 79.9. The van der Waals surface area contributed by atoms with E-state index < -0.39 is 0 Å². The fourth-order valence-corrected chi connectivity index (χ4v) is 4.53. The predicted molar refractivity (Wildman–Crippen MR) is 160 cm³/mol. The zero-order valence-electron chi connectivity index (χ0n) is 21.8. The molecule has 196 valence electrons. The smallest absolute Gasteiger partial charge is 0.259 e. The molecular formula is C33H28BrNO4. The number of anilines is 1. The number of carbonyl (C=O) groups excluding carboxylic acids is 1. The number of rotatable bonds is 10. The number of hydrogen-bond donors (Lipinski definition) is 0. The van der Waals surface area contributed by atoms with E-state index >= 15 is 0 Å². The molecule has 0 saturated heterocycles. The number of para-hydroxylation sites is 1. The lowest BCUT2D eigenvalue weighted by atomic mass is 10.0. The lowest BCUT2D eigenvalue weighted by Gasteiger charge is -2.26. The van der Waals surface area contributed by atoms with Crippen LogP contribution in [0, 0.1) is 12.3 Å². The first-order valence-corrected chi connectivity index (χ1v) is 13.0. The molecule has 5 nitrogen and oxygen atoms in total. The molecule has 4 aromatic rings. The second-order valence-corrected chi connectivity index (χ2v) is 9.35. The number of amides is 1. The summed E-state index contributed by atoms with van der Waals surface area (Å²) in [6.45, 7) is 0.494. The molecule has 0 spiro atoms. The van der Waals surface area contributed by atoms with Gasteiger partial charge in [-0.3, -0.25) is 4.79 Å². The van der Waals surface area contributed by atoms with Crippen LogP contribution in [-0.2, 0) is 6.54 Å². The van der Waals surface area contributed by atoms with Gasteiger partial charge in [0.15, 0.2) is 0 Å². The van der Waals surface area contributed by atoms with E-state index in [4.69, 9.17) is 20.6 Å². The Morgan fingerprint density at radius 3 is 2.28 bits per heavy atom. The van der Waals surface area contributed by atoms with E-state index in [1.54, 1.807) is 19.1 Å². The number of nitrogens with zero attached hydrogens (tertiary/aromatic N) is 1. The average molecular weight is 582 g/mol. The van der Waals surface area contributed by atoms with E-state index in [-0.39, 0.29) is 19.1 Å². The van der Waals surface area contributed by atoms with Crippen molar-refractivity contribution < 1.29 is 19.0 Å². The third-order valence-corrected chi connectivity index (χ3v) is 6.76. The summed E-state index contributed by atoms with van der Waals surface area (Å²) in [6.07, 6.45) is 9.26. The van der Waals surface area contributed by atoms with Crippen LogP contribution in [-0.4, -0.2) is 26.7 Å². The first kappa shape index (κ1) is 27.6. The van der Waals surface area contributed by atoms with E-state index in [9.17, 15) is 4.79 Å². The summed E-state index contributed by atoms with van der Waals surface area (Å²) in [5.41, 5.74) is 4.01. The van der Waals surface area contributed by atoms with Crippen molar-refractivity contribution in [2.45, 2.75) is 6.54 Å². The van der Waals surface area contributed by atoms with E-state index in [0.717, 1.165) is 26.9 Å². The summed E-state index contributed by atoms with van der Waals surface area (Å²) in [5.74, 6) is 4.30. The molecule has 0 heterocycles. The Kier molecular flexibility index (Phi) is 9.44. The SMILES string of the molecule is C#CCOc1ccc(C=Cc2cc(OC)cc(OC)c2CN(C(=O)c2ccccc2Br)c2ccccc2)cc1. The van der Waals surface area contributed by atoms with Gasteiger partial charge in [-0.1, -0.05) is 60.5 Å². The zero-order valence-corrected chi connectivity index (χ0v) is 23.4. The lowest BCUT2D eigenvalue weighted by molar-refractivity contribution is 0.0984. The number of terminal acetylenes is 1. The van der Waals surface area contributed by atoms with Crippen LogP contribution in [0.5, 0.6) is 17.2 Å². The van der Waals surface area contributed by atoms with Crippen molar-refractivity contribution in [2.24, 2.45) is 0 Å². The van der Waals surface area contributed by atoms with Crippen LogP contribution in [0.1, 0.15) is 27.0 Å². The van der Waals surface area contributed by atoms with Crippen molar-refractivity contribution in [3.05, 3.63) is 118 Å². The van der Waals surface area contributed by atoms with Crippen LogP contribution in [0.25, 0.3) is 12.2 Å². The maximum atomic E-state index is 13.9. The highest BCUT2D eigenvalue weighted by molar-refractivity contribution is 9.10. The van der Waals surface area contributed by atoms with Crippen molar-refractivity contribution in [1.29, 1.82) is 0 Å². The van der Waals surface area contributed by atoms with Crippen LogP contribution in [0.15, 0.2) is 95.5 Å². The van der Waals surface area contributed by atoms with Gasteiger partial charge in [-0.2, -0.15) is 0 Å². The molecule has 6 heteroatoms. The van der Waals surface area contributed by atoms with Gasteiger partial charge in [0.25, 0.3) is 5.91 Å². The molecule has 0 N–H and O–H groups in total. The Bertz CT molecular complexity index is 1490. The Hall–Kier alpha value is -4.47. The van der Waals surface area contributed by atoms with Crippen LogP contribution in [0.2, 0.25) is 0 Å². The molecule has 0 saturated carbocycles. The molecule has 39 heavy (non-hydrogen) atoms. The molecule has 0 atom stereocenters. The third-order valence-electron chi connectivity index (χ3n) is 6.06. The zero-order chi connectivity index (χ0) is 27.6. The number of benzene rings is 4. The molecule has 4 rings (SSSR count). The van der Waals surface area contributed by atoms with Gasteiger partial charge in [0.1, 0.15) is 23.9 Å². The van der Waals surface area contributed by atoms with Gasteiger partial charge in [0, 0.05) is 21.8 Å². The second-order valence-electron chi connectivity index (χ2n) is 8.50. The minimum Gasteiger partial charge on any atom is -0.497 e. The van der Waals surface area contributed by atoms with Crippen molar-refractivity contribution >= 4 is 39.7 Å². The number of ether oxygens (including phenoxy) is 3. The van der Waals surface area contributed by atoms with Gasteiger partial charge in [-0.25, -0.2) is 0 Å². The fourth-order valence-electron chi connectivity index (χ4n) is 4.07. The van der Waals surface area contributed by atoms with Crippen molar-refractivity contribution in [2.75, 3.05) is 25.7 Å². The van der Waals surface area contributed by atoms with E-state index in [2.05, 4.69) is 21.9 Å².